The molecule has 1 aliphatic rings. The third-order valence-electron chi connectivity index (χ3n) is 3.16. The van der Waals surface area contributed by atoms with Crippen LogP contribution in [0.4, 0.5) is 0 Å². The van der Waals surface area contributed by atoms with Gasteiger partial charge in [0.05, 0.1) is 9.81 Å². The number of hydrogen-bond donors (Lipinski definition) is 1. The van der Waals surface area contributed by atoms with Crippen LogP contribution in [0.5, 0.6) is 0 Å². The standard InChI is InChI=1S/C10H19NO4S2/c1-5-7(3)9-10(8(4)6-2)17(14,15)11-16(9,12)13/h7-8,11H,5-6H2,1-4H3. The lowest BCUT2D eigenvalue weighted by Gasteiger charge is -2.14. The van der Waals surface area contributed by atoms with Crippen LogP contribution in [-0.4, -0.2) is 16.8 Å². The Bertz CT molecular complexity index is 483. The van der Waals surface area contributed by atoms with Crippen molar-refractivity contribution in [3.63, 3.8) is 0 Å². The fraction of sp³-hybridized carbons (Fsp3) is 0.800. The first-order chi connectivity index (χ1) is 7.67. The fourth-order valence-corrected chi connectivity index (χ4v) is 6.74. The van der Waals surface area contributed by atoms with Gasteiger partial charge in [-0.2, -0.15) is 0 Å². The van der Waals surface area contributed by atoms with Gasteiger partial charge in [0.2, 0.25) is 0 Å². The Kier molecular flexibility index (Phi) is 4.05. The zero-order valence-corrected chi connectivity index (χ0v) is 12.2. The maximum atomic E-state index is 11.9. The molecule has 5 nitrogen and oxygen atoms in total. The largest absolute Gasteiger partial charge is 0.251 e. The van der Waals surface area contributed by atoms with Gasteiger partial charge in [0, 0.05) is 0 Å². The lowest BCUT2D eigenvalue weighted by molar-refractivity contribution is 0.582. The van der Waals surface area contributed by atoms with E-state index in [0.717, 1.165) is 0 Å². The first kappa shape index (κ1) is 14.7. The fourth-order valence-electron chi connectivity index (χ4n) is 1.89. The quantitative estimate of drug-likeness (QED) is 0.848. The molecule has 0 spiro atoms. The van der Waals surface area contributed by atoms with Gasteiger partial charge in [0.1, 0.15) is 0 Å². The first-order valence-electron chi connectivity index (χ1n) is 5.70. The highest BCUT2D eigenvalue weighted by atomic mass is 32.3. The molecular weight excluding hydrogens is 262 g/mol. The summed E-state index contributed by atoms with van der Waals surface area (Å²) in [5.41, 5.74) is 0. The van der Waals surface area contributed by atoms with E-state index >= 15 is 0 Å². The number of rotatable bonds is 4. The van der Waals surface area contributed by atoms with Crippen LogP contribution in [0.2, 0.25) is 0 Å². The van der Waals surface area contributed by atoms with E-state index in [2.05, 4.69) is 0 Å². The lowest BCUT2D eigenvalue weighted by atomic mass is 10.0. The average Bonchev–Trinajstić information content (AvgIpc) is 2.40. The highest BCUT2D eigenvalue weighted by molar-refractivity contribution is 8.11. The molecule has 0 aromatic rings. The van der Waals surface area contributed by atoms with Gasteiger partial charge in [-0.25, -0.2) is 16.8 Å². The highest BCUT2D eigenvalue weighted by Crippen LogP contribution is 2.37. The van der Waals surface area contributed by atoms with Crippen LogP contribution in [0.1, 0.15) is 40.5 Å². The molecule has 7 heteroatoms. The van der Waals surface area contributed by atoms with E-state index in [-0.39, 0.29) is 21.6 Å². The molecule has 1 aliphatic heterocycles. The van der Waals surface area contributed by atoms with E-state index in [1.807, 2.05) is 13.8 Å². The molecular formula is C10H19NO4S2. The van der Waals surface area contributed by atoms with Gasteiger partial charge in [0.15, 0.2) is 0 Å². The maximum absolute atomic E-state index is 11.9. The lowest BCUT2D eigenvalue weighted by Crippen LogP contribution is -2.25. The average molecular weight is 281 g/mol. The minimum absolute atomic E-state index is 0.0503. The Balaban J connectivity index is 3.57. The van der Waals surface area contributed by atoms with Crippen LogP contribution in [0.25, 0.3) is 0 Å². The monoisotopic (exact) mass is 281 g/mol. The summed E-state index contributed by atoms with van der Waals surface area (Å²) in [6, 6.07) is 0. The Morgan fingerprint density at radius 3 is 1.41 bits per heavy atom. The van der Waals surface area contributed by atoms with Crippen LogP contribution >= 0.6 is 0 Å². The number of sulfonamides is 2. The van der Waals surface area contributed by atoms with Gasteiger partial charge >= 0.3 is 0 Å². The predicted molar refractivity (Wildman–Crippen MR) is 66.9 cm³/mol. The van der Waals surface area contributed by atoms with Gasteiger partial charge in [-0.3, -0.25) is 0 Å². The van der Waals surface area contributed by atoms with Crippen molar-refractivity contribution in [2.75, 3.05) is 0 Å². The van der Waals surface area contributed by atoms with E-state index < -0.39 is 20.0 Å². The molecule has 2 atom stereocenters. The predicted octanol–water partition coefficient (Wildman–Crippen LogP) is 1.55. The summed E-state index contributed by atoms with van der Waals surface area (Å²) in [7, 11) is -7.74. The summed E-state index contributed by atoms with van der Waals surface area (Å²) in [5.74, 6) is -0.567. The van der Waals surface area contributed by atoms with E-state index in [9.17, 15) is 16.8 Å². The molecule has 2 unspecified atom stereocenters. The molecule has 0 saturated carbocycles. The smallest absolute Gasteiger partial charge is 0.206 e. The second-order valence-corrected chi connectivity index (χ2v) is 8.00. The Hall–Kier alpha value is -0.400. The molecule has 0 bridgehead atoms. The van der Waals surface area contributed by atoms with Crippen molar-refractivity contribution < 1.29 is 16.8 Å². The van der Waals surface area contributed by atoms with Gasteiger partial charge in [0.25, 0.3) is 20.0 Å². The molecule has 0 aliphatic carbocycles. The minimum atomic E-state index is -3.87. The zero-order valence-electron chi connectivity index (χ0n) is 10.5. The van der Waals surface area contributed by atoms with Crippen molar-refractivity contribution in [2.45, 2.75) is 40.5 Å². The second-order valence-electron chi connectivity index (χ2n) is 4.44. The second kappa shape index (κ2) is 4.70. The molecule has 0 amide bonds. The van der Waals surface area contributed by atoms with Crippen LogP contribution in [-0.2, 0) is 20.0 Å². The molecule has 0 saturated heterocycles. The Labute approximate surface area is 103 Å². The van der Waals surface area contributed by atoms with E-state index in [0.29, 0.717) is 12.8 Å². The molecule has 0 aromatic heterocycles. The molecule has 0 aromatic carbocycles. The van der Waals surface area contributed by atoms with Gasteiger partial charge < -0.3 is 0 Å². The van der Waals surface area contributed by atoms with Crippen LogP contribution in [0.15, 0.2) is 9.81 Å². The summed E-state index contributed by atoms with van der Waals surface area (Å²) in [4.78, 5) is 0.101. The SMILES string of the molecule is CCC(C)C1=C(C(C)CC)S(=O)(=O)NS1(=O)=O. The van der Waals surface area contributed by atoms with Crippen molar-refractivity contribution in [1.29, 1.82) is 0 Å². The minimum Gasteiger partial charge on any atom is -0.206 e. The molecule has 1 heterocycles. The van der Waals surface area contributed by atoms with Gasteiger partial charge in [-0.05, 0) is 24.7 Å². The molecule has 0 radical (unpaired) electrons. The number of hydrogen-bond acceptors (Lipinski definition) is 4. The van der Waals surface area contributed by atoms with E-state index in [1.54, 1.807) is 18.0 Å². The molecule has 1 N–H and O–H groups in total. The Morgan fingerprint density at radius 2 is 1.18 bits per heavy atom. The Morgan fingerprint density at radius 1 is 0.882 bits per heavy atom. The molecule has 0 fully saturated rings. The maximum Gasteiger partial charge on any atom is 0.251 e. The van der Waals surface area contributed by atoms with Crippen molar-refractivity contribution in [1.82, 2.24) is 4.13 Å². The van der Waals surface area contributed by atoms with Crippen molar-refractivity contribution in [3.05, 3.63) is 9.81 Å². The zero-order chi connectivity index (χ0) is 13.4. The summed E-state index contributed by atoms with van der Waals surface area (Å²) < 4.78 is 49.2. The first-order valence-corrected chi connectivity index (χ1v) is 8.66. The molecule has 17 heavy (non-hydrogen) atoms. The van der Waals surface area contributed by atoms with Gasteiger partial charge in [-0.1, -0.05) is 27.7 Å². The van der Waals surface area contributed by atoms with Crippen LogP contribution in [0.3, 0.4) is 0 Å². The summed E-state index contributed by atoms with van der Waals surface area (Å²) in [6.07, 6.45) is 1.18. The third kappa shape index (κ3) is 2.56. The highest BCUT2D eigenvalue weighted by Gasteiger charge is 2.44. The normalized spacial score (nSPS) is 25.9. The number of allylic oxidation sites excluding steroid dienone is 2. The molecule has 1 rings (SSSR count). The van der Waals surface area contributed by atoms with Gasteiger partial charge in [-0.15, -0.1) is 4.13 Å². The van der Waals surface area contributed by atoms with Crippen LogP contribution < -0.4 is 4.13 Å². The van der Waals surface area contributed by atoms with Crippen molar-refractivity contribution in [2.24, 2.45) is 11.8 Å². The summed E-state index contributed by atoms with van der Waals surface area (Å²) >= 11 is 0. The summed E-state index contributed by atoms with van der Waals surface area (Å²) in [6.45, 7) is 7.15. The van der Waals surface area contributed by atoms with Crippen molar-refractivity contribution in [3.8, 4) is 0 Å². The third-order valence-corrected chi connectivity index (χ3v) is 7.45. The van der Waals surface area contributed by atoms with E-state index in [4.69, 9.17) is 0 Å². The summed E-state index contributed by atoms with van der Waals surface area (Å²) in [5, 5.41) is 0. The topological polar surface area (TPSA) is 80.3 Å². The molecule has 100 valence electrons. The van der Waals surface area contributed by atoms with Crippen molar-refractivity contribution >= 4 is 20.0 Å². The number of nitrogens with one attached hydrogen (secondary N) is 1. The van der Waals surface area contributed by atoms with Crippen LogP contribution in [0, 0.1) is 11.8 Å². The van der Waals surface area contributed by atoms with E-state index in [1.165, 1.54) is 0 Å².